The van der Waals surface area contributed by atoms with Crippen LogP contribution in [0.2, 0.25) is 0 Å². The van der Waals surface area contributed by atoms with Gasteiger partial charge >= 0.3 is 0 Å². The van der Waals surface area contributed by atoms with E-state index in [1.54, 1.807) is 19.1 Å². The molecule has 0 radical (unpaired) electrons. The van der Waals surface area contributed by atoms with Gasteiger partial charge in [-0.1, -0.05) is 13.8 Å². The third-order valence-electron chi connectivity index (χ3n) is 6.74. The number of carbonyl (C=O) groups excluding carboxylic acids is 5. The molecule has 10 heteroatoms. The molecule has 0 bridgehead atoms. The molecule has 36 heavy (non-hydrogen) atoms. The van der Waals surface area contributed by atoms with Crippen molar-refractivity contribution < 1.29 is 24.0 Å². The minimum absolute atomic E-state index is 0.0959. The van der Waals surface area contributed by atoms with Crippen LogP contribution in [-0.4, -0.2) is 90.6 Å². The molecular weight excluding hydrogens is 462 g/mol. The number of amides is 4. The topological polar surface area (TPSA) is 119 Å². The molecule has 2 aliphatic heterocycles. The summed E-state index contributed by atoms with van der Waals surface area (Å²) in [6.45, 7) is 7.07. The molecule has 1 aromatic carbocycles. The Morgan fingerprint density at radius 1 is 1.00 bits per heavy atom. The zero-order valence-electron chi connectivity index (χ0n) is 21.9. The summed E-state index contributed by atoms with van der Waals surface area (Å²) in [5.74, 6) is -1.41. The fourth-order valence-corrected chi connectivity index (χ4v) is 5.02. The fourth-order valence-electron chi connectivity index (χ4n) is 5.02. The first kappa shape index (κ1) is 27.2. The molecule has 4 atom stereocenters. The van der Waals surface area contributed by atoms with E-state index in [0.29, 0.717) is 24.9 Å². The number of Topliss-reactive ketones (excluding diaryl/α,β-unsaturated/α-hetero) is 1. The van der Waals surface area contributed by atoms with Crippen molar-refractivity contribution in [1.29, 1.82) is 0 Å². The van der Waals surface area contributed by atoms with Crippen molar-refractivity contribution in [1.82, 2.24) is 20.4 Å². The van der Waals surface area contributed by atoms with Crippen LogP contribution in [0.4, 0.5) is 5.69 Å². The molecule has 196 valence electrons. The number of hydrogen-bond donors (Lipinski definition) is 2. The van der Waals surface area contributed by atoms with Crippen molar-refractivity contribution in [3.63, 3.8) is 0 Å². The van der Waals surface area contributed by atoms with Crippen LogP contribution >= 0.6 is 0 Å². The van der Waals surface area contributed by atoms with E-state index < -0.39 is 24.2 Å². The fraction of sp³-hybridized carbons (Fsp3) is 0.577. The average Bonchev–Trinajstić information content (AvgIpc) is 3.38. The van der Waals surface area contributed by atoms with E-state index in [9.17, 15) is 24.0 Å². The second-order valence-corrected chi connectivity index (χ2v) is 10.3. The number of nitrogens with one attached hydrogen (secondary N) is 2. The van der Waals surface area contributed by atoms with Crippen LogP contribution < -0.4 is 15.5 Å². The molecule has 10 nitrogen and oxygen atoms in total. The van der Waals surface area contributed by atoms with E-state index in [0.717, 1.165) is 5.69 Å². The Bertz CT molecular complexity index is 1020. The lowest BCUT2D eigenvalue weighted by molar-refractivity contribution is -0.138. The van der Waals surface area contributed by atoms with Crippen LogP contribution in [0.15, 0.2) is 24.3 Å². The normalized spacial score (nSPS) is 20.7. The van der Waals surface area contributed by atoms with Crippen molar-refractivity contribution >= 4 is 35.1 Å². The number of benzene rings is 1. The maximum absolute atomic E-state index is 13.6. The first-order chi connectivity index (χ1) is 16.9. The summed E-state index contributed by atoms with van der Waals surface area (Å²) in [6, 6.07) is 4.39. The predicted molar refractivity (Wildman–Crippen MR) is 135 cm³/mol. The SMILES string of the molecule is CC(=O)N[C@@H](C)C(=O)N1CC(=O)C2[C@H]1CCN2C(=O)[C@H](CC(C)C)NC(=O)c1ccc(N(C)C)cc1. The van der Waals surface area contributed by atoms with E-state index >= 15 is 0 Å². The molecule has 0 aromatic heterocycles. The second kappa shape index (κ2) is 11.1. The molecule has 2 N–H and O–H groups in total. The number of nitrogens with zero attached hydrogens (tertiary/aromatic N) is 3. The van der Waals surface area contributed by atoms with Crippen molar-refractivity contribution in [2.75, 3.05) is 32.1 Å². The first-order valence-corrected chi connectivity index (χ1v) is 12.4. The van der Waals surface area contributed by atoms with Gasteiger partial charge in [0.25, 0.3) is 5.91 Å². The van der Waals surface area contributed by atoms with Gasteiger partial charge in [0.05, 0.1) is 12.6 Å². The predicted octanol–water partition coefficient (Wildman–Crippen LogP) is 0.803. The summed E-state index contributed by atoms with van der Waals surface area (Å²) in [4.78, 5) is 68.7. The number of anilines is 1. The standard InChI is InChI=1S/C26H37N5O5/c1-15(2)13-20(28-24(34)18-7-9-19(10-8-18)29(5)6)26(36)30-12-11-21-23(30)22(33)14-31(21)25(35)16(3)27-17(4)32/h7-10,15-16,20-21,23H,11-14H2,1-6H3,(H,27,32)(H,28,34)/t16-,20-,21+,23?/m0/s1. The average molecular weight is 500 g/mol. The van der Waals surface area contributed by atoms with Gasteiger partial charge in [0.2, 0.25) is 17.7 Å². The quantitative estimate of drug-likeness (QED) is 0.546. The van der Waals surface area contributed by atoms with Crippen LogP contribution in [0.5, 0.6) is 0 Å². The molecule has 2 aliphatic rings. The molecule has 2 heterocycles. The number of carbonyl (C=O) groups is 5. The van der Waals surface area contributed by atoms with Crippen LogP contribution in [0, 0.1) is 5.92 Å². The summed E-state index contributed by atoms with van der Waals surface area (Å²) in [5, 5.41) is 5.44. The highest BCUT2D eigenvalue weighted by Crippen LogP contribution is 2.31. The van der Waals surface area contributed by atoms with Crippen molar-refractivity contribution in [3.05, 3.63) is 29.8 Å². The molecule has 0 saturated carbocycles. The highest BCUT2D eigenvalue weighted by Gasteiger charge is 2.52. The molecule has 0 aliphatic carbocycles. The lowest BCUT2D eigenvalue weighted by Gasteiger charge is -2.29. The lowest BCUT2D eigenvalue weighted by Crippen LogP contribution is -2.53. The lowest BCUT2D eigenvalue weighted by atomic mass is 10.0. The third-order valence-corrected chi connectivity index (χ3v) is 6.74. The van der Waals surface area contributed by atoms with Gasteiger partial charge in [-0.3, -0.25) is 24.0 Å². The zero-order chi connectivity index (χ0) is 26.7. The summed E-state index contributed by atoms with van der Waals surface area (Å²) in [5.41, 5.74) is 1.40. The Morgan fingerprint density at radius 2 is 1.64 bits per heavy atom. The highest BCUT2D eigenvalue weighted by molar-refractivity contribution is 6.01. The monoisotopic (exact) mass is 499 g/mol. The minimum atomic E-state index is -0.791. The van der Waals surface area contributed by atoms with Crippen molar-refractivity contribution in [2.45, 2.75) is 64.7 Å². The number of rotatable bonds is 8. The van der Waals surface area contributed by atoms with E-state index in [2.05, 4.69) is 10.6 Å². The molecule has 3 rings (SSSR count). The zero-order valence-corrected chi connectivity index (χ0v) is 21.9. The van der Waals surface area contributed by atoms with Gasteiger partial charge in [-0.2, -0.15) is 0 Å². The maximum Gasteiger partial charge on any atom is 0.251 e. The largest absolute Gasteiger partial charge is 0.378 e. The Balaban J connectivity index is 1.75. The molecule has 2 fully saturated rings. The second-order valence-electron chi connectivity index (χ2n) is 10.3. The van der Waals surface area contributed by atoms with E-state index in [1.165, 1.54) is 16.7 Å². The molecule has 2 saturated heterocycles. The van der Waals surface area contributed by atoms with Crippen LogP contribution in [0.1, 0.15) is 50.9 Å². The third kappa shape index (κ3) is 5.85. The summed E-state index contributed by atoms with van der Waals surface area (Å²) in [7, 11) is 3.82. The number of ketones is 1. The highest BCUT2D eigenvalue weighted by atomic mass is 16.2. The number of fused-ring (bicyclic) bond motifs is 1. The summed E-state index contributed by atoms with van der Waals surface area (Å²) < 4.78 is 0. The molecule has 1 unspecified atom stereocenters. The van der Waals surface area contributed by atoms with Gasteiger partial charge in [0.1, 0.15) is 18.1 Å². The number of hydrogen-bond acceptors (Lipinski definition) is 6. The van der Waals surface area contributed by atoms with Gasteiger partial charge in [-0.05, 0) is 49.9 Å². The molecule has 4 amide bonds. The van der Waals surface area contributed by atoms with Crippen LogP contribution in [0.3, 0.4) is 0 Å². The summed E-state index contributed by atoms with van der Waals surface area (Å²) in [6.07, 6.45) is 0.889. The number of likely N-dealkylation sites (tertiary alicyclic amines) is 2. The Labute approximate surface area is 212 Å². The Morgan fingerprint density at radius 3 is 2.19 bits per heavy atom. The minimum Gasteiger partial charge on any atom is -0.378 e. The van der Waals surface area contributed by atoms with Gasteiger partial charge in [0, 0.05) is 38.8 Å². The van der Waals surface area contributed by atoms with Gasteiger partial charge in [-0.15, -0.1) is 0 Å². The maximum atomic E-state index is 13.6. The molecule has 1 aromatic rings. The van der Waals surface area contributed by atoms with E-state index in [1.807, 2.05) is 45.0 Å². The molecular formula is C26H37N5O5. The first-order valence-electron chi connectivity index (χ1n) is 12.4. The van der Waals surface area contributed by atoms with Crippen molar-refractivity contribution in [3.8, 4) is 0 Å². The van der Waals surface area contributed by atoms with Gasteiger partial charge < -0.3 is 25.3 Å². The smallest absolute Gasteiger partial charge is 0.251 e. The van der Waals surface area contributed by atoms with Gasteiger partial charge in [-0.25, -0.2) is 0 Å². The van der Waals surface area contributed by atoms with E-state index in [-0.39, 0.29) is 41.9 Å². The van der Waals surface area contributed by atoms with E-state index in [4.69, 9.17) is 0 Å². The van der Waals surface area contributed by atoms with Crippen LogP contribution in [0.25, 0.3) is 0 Å². The Kier molecular flexibility index (Phi) is 8.37. The molecule has 0 spiro atoms. The van der Waals surface area contributed by atoms with Crippen LogP contribution in [-0.2, 0) is 19.2 Å². The summed E-state index contributed by atoms with van der Waals surface area (Å²) >= 11 is 0. The Hall–Kier alpha value is -3.43. The van der Waals surface area contributed by atoms with Gasteiger partial charge in [0.15, 0.2) is 5.78 Å². The van der Waals surface area contributed by atoms with Crippen molar-refractivity contribution in [2.24, 2.45) is 5.92 Å².